The highest BCUT2D eigenvalue weighted by molar-refractivity contribution is 6.32. The molecule has 0 amide bonds. The number of nitriles is 2. The Hall–Kier alpha value is -3.40. The predicted octanol–water partition coefficient (Wildman–Crippen LogP) is 2.96. The topological polar surface area (TPSA) is 130 Å². The van der Waals surface area contributed by atoms with E-state index in [2.05, 4.69) is 27.2 Å². The molecule has 0 radical (unpaired) electrons. The molecular formula is C21H21ClN8O. The summed E-state index contributed by atoms with van der Waals surface area (Å²) in [5.41, 5.74) is 9.20. The lowest BCUT2D eigenvalue weighted by atomic mass is 9.98. The van der Waals surface area contributed by atoms with Crippen LogP contribution in [-0.4, -0.2) is 43.8 Å². The summed E-state index contributed by atoms with van der Waals surface area (Å²) in [6.07, 6.45) is 1.23. The van der Waals surface area contributed by atoms with E-state index in [1.165, 1.54) is 6.33 Å². The number of anilines is 1. The summed E-state index contributed by atoms with van der Waals surface area (Å²) in [7, 11) is 0. The zero-order chi connectivity index (χ0) is 22.3. The molecule has 31 heavy (non-hydrogen) atoms. The van der Waals surface area contributed by atoms with Gasteiger partial charge in [-0.2, -0.15) is 15.6 Å². The number of hydrogen-bond acceptors (Lipinski definition) is 8. The molecule has 9 nitrogen and oxygen atoms in total. The Labute approximate surface area is 184 Å². The minimum atomic E-state index is -0.306. The molecular weight excluding hydrogens is 416 g/mol. The van der Waals surface area contributed by atoms with Crippen molar-refractivity contribution < 1.29 is 4.74 Å². The van der Waals surface area contributed by atoms with Gasteiger partial charge >= 0.3 is 0 Å². The van der Waals surface area contributed by atoms with Crippen LogP contribution < -0.4 is 10.5 Å². The Morgan fingerprint density at radius 2 is 2.16 bits per heavy atom. The van der Waals surface area contributed by atoms with Gasteiger partial charge in [-0.1, -0.05) is 11.6 Å². The largest absolute Gasteiger partial charge is 0.489 e. The number of benzene rings is 1. The maximum atomic E-state index is 9.75. The van der Waals surface area contributed by atoms with E-state index in [4.69, 9.17) is 22.1 Å². The first kappa shape index (κ1) is 20.9. The number of aryl methyl sites for hydroxylation is 1. The van der Waals surface area contributed by atoms with Crippen LogP contribution in [0.1, 0.15) is 42.3 Å². The molecule has 0 bridgehead atoms. The number of nitrogens with zero attached hydrogens (tertiary/aromatic N) is 7. The lowest BCUT2D eigenvalue weighted by molar-refractivity contribution is 0.169. The van der Waals surface area contributed by atoms with Gasteiger partial charge in [0.15, 0.2) is 5.65 Å². The molecule has 10 heteroatoms. The van der Waals surface area contributed by atoms with E-state index in [0.29, 0.717) is 51.8 Å². The molecule has 1 aliphatic heterocycles. The van der Waals surface area contributed by atoms with Gasteiger partial charge in [0.05, 0.1) is 40.3 Å². The van der Waals surface area contributed by atoms with Crippen LogP contribution in [-0.2, 0) is 6.54 Å². The summed E-state index contributed by atoms with van der Waals surface area (Å²) in [6, 6.07) is 5.82. The fourth-order valence-electron chi connectivity index (χ4n) is 4.11. The van der Waals surface area contributed by atoms with Gasteiger partial charge in [-0.15, -0.1) is 0 Å². The average molecular weight is 437 g/mol. The highest BCUT2D eigenvalue weighted by Gasteiger charge is 2.30. The summed E-state index contributed by atoms with van der Waals surface area (Å²) >= 11 is 6.52. The van der Waals surface area contributed by atoms with E-state index in [1.807, 2.05) is 25.7 Å². The first-order valence-electron chi connectivity index (χ1n) is 9.82. The van der Waals surface area contributed by atoms with Crippen LogP contribution in [0.25, 0.3) is 11.0 Å². The Balaban J connectivity index is 1.92. The van der Waals surface area contributed by atoms with Crippen LogP contribution in [0.5, 0.6) is 5.75 Å². The molecule has 0 saturated carbocycles. The van der Waals surface area contributed by atoms with Crippen LogP contribution in [0.4, 0.5) is 5.82 Å². The van der Waals surface area contributed by atoms with Crippen molar-refractivity contribution in [2.75, 3.05) is 18.8 Å². The third-order valence-electron chi connectivity index (χ3n) is 5.49. The van der Waals surface area contributed by atoms with Gasteiger partial charge in [0.1, 0.15) is 30.1 Å². The maximum Gasteiger partial charge on any atom is 0.164 e. The first-order valence-corrected chi connectivity index (χ1v) is 10.2. The van der Waals surface area contributed by atoms with E-state index < -0.39 is 0 Å². The molecule has 2 N–H and O–H groups in total. The van der Waals surface area contributed by atoms with Gasteiger partial charge < -0.3 is 10.5 Å². The lowest BCUT2D eigenvalue weighted by Gasteiger charge is -2.22. The number of halogens is 1. The Kier molecular flexibility index (Phi) is 5.40. The molecule has 3 heterocycles. The van der Waals surface area contributed by atoms with Crippen molar-refractivity contribution in [3.05, 3.63) is 39.8 Å². The van der Waals surface area contributed by atoms with Crippen molar-refractivity contribution in [2.45, 2.75) is 39.5 Å². The highest BCUT2D eigenvalue weighted by Crippen LogP contribution is 2.40. The first-order chi connectivity index (χ1) is 14.8. The predicted molar refractivity (Wildman–Crippen MR) is 115 cm³/mol. The Bertz CT molecular complexity index is 1260. The van der Waals surface area contributed by atoms with Crippen molar-refractivity contribution in [3.63, 3.8) is 0 Å². The lowest BCUT2D eigenvalue weighted by Crippen LogP contribution is -2.31. The standard InChI is InChI=1S/C21H21ClN8O/c1-11-8-29(5-4-23)9-16-15(7-24)17(22)6-14(19(16)31-11)13(3)30-21-18(12(2)28-30)20(25)26-10-27-21/h6,10-11,13H,5,8-9H2,1-3H3,(H2,25,26,27). The van der Waals surface area contributed by atoms with Gasteiger partial charge in [-0.05, 0) is 26.8 Å². The second-order valence-corrected chi connectivity index (χ2v) is 8.07. The SMILES string of the molecule is Cc1nn(C(C)c2cc(Cl)c(C#N)c3c2OC(C)CN(CC#N)C3)c2ncnc(N)c12. The molecule has 2 atom stereocenters. The number of nitrogens with two attached hydrogens (primary N) is 1. The maximum absolute atomic E-state index is 9.75. The molecule has 2 aromatic heterocycles. The van der Waals surface area contributed by atoms with Gasteiger partial charge in [0.2, 0.25) is 0 Å². The number of nitrogen functional groups attached to an aromatic ring is 1. The summed E-state index contributed by atoms with van der Waals surface area (Å²) in [6.45, 7) is 6.95. The van der Waals surface area contributed by atoms with Crippen molar-refractivity contribution in [3.8, 4) is 17.9 Å². The van der Waals surface area contributed by atoms with Crippen molar-refractivity contribution in [2.24, 2.45) is 0 Å². The molecule has 0 fully saturated rings. The van der Waals surface area contributed by atoms with Crippen LogP contribution >= 0.6 is 11.6 Å². The smallest absolute Gasteiger partial charge is 0.164 e. The minimum absolute atomic E-state index is 0.178. The molecule has 0 saturated heterocycles. The third kappa shape index (κ3) is 3.52. The van der Waals surface area contributed by atoms with E-state index in [0.717, 1.165) is 11.3 Å². The number of rotatable bonds is 3. The van der Waals surface area contributed by atoms with Gasteiger partial charge in [-0.3, -0.25) is 4.90 Å². The summed E-state index contributed by atoms with van der Waals surface area (Å²) in [5, 5.41) is 24.6. The van der Waals surface area contributed by atoms with E-state index in [1.54, 1.807) is 10.7 Å². The number of aromatic nitrogens is 4. The molecule has 0 spiro atoms. The third-order valence-corrected chi connectivity index (χ3v) is 5.79. The van der Waals surface area contributed by atoms with Crippen LogP contribution in [0.2, 0.25) is 5.02 Å². The Morgan fingerprint density at radius 3 is 2.87 bits per heavy atom. The number of hydrogen-bond donors (Lipinski definition) is 1. The van der Waals surface area contributed by atoms with Gasteiger partial charge in [-0.25, -0.2) is 14.6 Å². The van der Waals surface area contributed by atoms with Gasteiger partial charge in [0, 0.05) is 24.2 Å². The molecule has 1 aliphatic rings. The second kappa shape index (κ2) is 8.03. The monoisotopic (exact) mass is 436 g/mol. The van der Waals surface area contributed by atoms with E-state index in [9.17, 15) is 10.5 Å². The minimum Gasteiger partial charge on any atom is -0.489 e. The van der Waals surface area contributed by atoms with E-state index in [-0.39, 0.29) is 18.7 Å². The van der Waals surface area contributed by atoms with Gasteiger partial charge in [0.25, 0.3) is 0 Å². The summed E-state index contributed by atoms with van der Waals surface area (Å²) < 4.78 is 8.06. The molecule has 2 unspecified atom stereocenters. The average Bonchev–Trinajstić information content (AvgIpc) is 2.97. The Morgan fingerprint density at radius 1 is 1.39 bits per heavy atom. The van der Waals surface area contributed by atoms with Crippen molar-refractivity contribution in [1.82, 2.24) is 24.6 Å². The van der Waals surface area contributed by atoms with Crippen LogP contribution in [0.15, 0.2) is 12.4 Å². The highest BCUT2D eigenvalue weighted by atomic mass is 35.5. The normalized spacial score (nSPS) is 17.3. The fraction of sp³-hybridized carbons (Fsp3) is 0.381. The quantitative estimate of drug-likeness (QED) is 0.620. The molecule has 0 aliphatic carbocycles. The second-order valence-electron chi connectivity index (χ2n) is 7.66. The number of ether oxygens (including phenoxy) is 1. The molecule has 4 rings (SSSR count). The van der Waals surface area contributed by atoms with E-state index >= 15 is 0 Å². The fourth-order valence-corrected chi connectivity index (χ4v) is 4.38. The summed E-state index contributed by atoms with van der Waals surface area (Å²) in [4.78, 5) is 10.4. The van der Waals surface area contributed by atoms with Crippen molar-refractivity contribution >= 4 is 28.5 Å². The molecule has 158 valence electrons. The zero-order valence-electron chi connectivity index (χ0n) is 17.4. The number of fused-ring (bicyclic) bond motifs is 2. The van der Waals surface area contributed by atoms with Crippen LogP contribution in [0, 0.1) is 29.6 Å². The zero-order valence-corrected chi connectivity index (χ0v) is 18.2. The molecule has 3 aromatic rings. The molecule has 1 aromatic carbocycles. The van der Waals surface area contributed by atoms with Crippen LogP contribution in [0.3, 0.4) is 0 Å². The summed E-state index contributed by atoms with van der Waals surface area (Å²) in [5.74, 6) is 0.972. The van der Waals surface area contributed by atoms with Crippen molar-refractivity contribution in [1.29, 1.82) is 10.5 Å².